The molecule has 0 aliphatic carbocycles. The fraction of sp³-hybridized carbons (Fsp3) is 0.588. The summed E-state index contributed by atoms with van der Waals surface area (Å²) in [4.78, 5) is 14.4. The molecular weight excluding hydrogens is 326 g/mol. The molecule has 0 spiro atoms. The number of benzene rings is 1. The van der Waals surface area contributed by atoms with Crippen molar-refractivity contribution in [2.75, 3.05) is 19.6 Å². The normalized spacial score (nSPS) is 25.8. The number of nitrogens with zero attached hydrogens (tertiary/aromatic N) is 2. The minimum absolute atomic E-state index is 0.0242. The number of likely N-dealkylation sites (tertiary alicyclic amines) is 1. The standard InChI is InChI=1S/C17H25N3O3S/c1-13-4-2-3-10-20(13)24(22,23)16-7-5-14(6-8-16)17(21)19-11-9-15(18)12-19/h5-8,13,15H,2-4,9-12,18H2,1H3/t13?,15-/m1/s1. The molecule has 0 aromatic heterocycles. The predicted octanol–water partition coefficient (Wildman–Crippen LogP) is 1.42. The molecule has 24 heavy (non-hydrogen) atoms. The van der Waals surface area contributed by atoms with Gasteiger partial charge in [0.1, 0.15) is 0 Å². The number of sulfonamides is 1. The van der Waals surface area contributed by atoms with Gasteiger partial charge in [0.25, 0.3) is 5.91 Å². The second kappa shape index (κ2) is 6.82. The fourth-order valence-corrected chi connectivity index (χ4v) is 5.19. The lowest BCUT2D eigenvalue weighted by atomic mass is 10.1. The molecule has 0 bridgehead atoms. The maximum Gasteiger partial charge on any atom is 0.253 e. The highest BCUT2D eigenvalue weighted by Gasteiger charge is 2.31. The molecule has 2 saturated heterocycles. The van der Waals surface area contributed by atoms with E-state index >= 15 is 0 Å². The van der Waals surface area contributed by atoms with E-state index in [2.05, 4.69) is 0 Å². The summed E-state index contributed by atoms with van der Waals surface area (Å²) in [7, 11) is -3.49. The Bertz CT molecular complexity index is 702. The van der Waals surface area contributed by atoms with Crippen molar-refractivity contribution in [3.8, 4) is 0 Å². The zero-order chi connectivity index (χ0) is 17.3. The van der Waals surface area contributed by atoms with Crippen LogP contribution in [-0.2, 0) is 10.0 Å². The van der Waals surface area contributed by atoms with Gasteiger partial charge in [-0.2, -0.15) is 4.31 Å². The number of piperidine rings is 1. The highest BCUT2D eigenvalue weighted by atomic mass is 32.2. The zero-order valence-corrected chi connectivity index (χ0v) is 14.8. The molecule has 2 aliphatic heterocycles. The Hall–Kier alpha value is -1.44. The summed E-state index contributed by atoms with van der Waals surface area (Å²) in [6, 6.07) is 6.35. The van der Waals surface area contributed by atoms with Crippen LogP contribution in [0.4, 0.5) is 0 Å². The summed E-state index contributed by atoms with van der Waals surface area (Å²) in [5, 5.41) is 0. The number of rotatable bonds is 3. The highest BCUT2D eigenvalue weighted by molar-refractivity contribution is 7.89. The quantitative estimate of drug-likeness (QED) is 0.893. The van der Waals surface area contributed by atoms with Crippen molar-refractivity contribution < 1.29 is 13.2 Å². The van der Waals surface area contributed by atoms with Crippen molar-refractivity contribution in [3.63, 3.8) is 0 Å². The van der Waals surface area contributed by atoms with Crippen molar-refractivity contribution in [1.82, 2.24) is 9.21 Å². The maximum atomic E-state index is 12.8. The molecule has 2 aliphatic rings. The summed E-state index contributed by atoms with van der Waals surface area (Å²) in [5.41, 5.74) is 6.35. The summed E-state index contributed by atoms with van der Waals surface area (Å²) >= 11 is 0. The maximum absolute atomic E-state index is 12.8. The van der Waals surface area contributed by atoms with E-state index in [4.69, 9.17) is 5.73 Å². The molecule has 2 atom stereocenters. The van der Waals surface area contributed by atoms with Gasteiger partial charge < -0.3 is 10.6 Å². The van der Waals surface area contributed by atoms with Crippen LogP contribution >= 0.6 is 0 Å². The molecule has 3 rings (SSSR count). The predicted molar refractivity (Wildman–Crippen MR) is 92.1 cm³/mol. The largest absolute Gasteiger partial charge is 0.337 e. The molecule has 7 heteroatoms. The van der Waals surface area contributed by atoms with Crippen LogP contribution in [0.3, 0.4) is 0 Å². The second-order valence-electron chi connectivity index (χ2n) is 6.78. The number of hydrogen-bond acceptors (Lipinski definition) is 4. The first-order chi connectivity index (χ1) is 11.4. The van der Waals surface area contributed by atoms with Crippen LogP contribution in [0, 0.1) is 0 Å². The number of nitrogens with two attached hydrogens (primary N) is 1. The molecule has 1 unspecified atom stereocenters. The van der Waals surface area contributed by atoms with Crippen molar-refractivity contribution >= 4 is 15.9 Å². The van der Waals surface area contributed by atoms with Crippen LogP contribution in [0.5, 0.6) is 0 Å². The van der Waals surface area contributed by atoms with Gasteiger partial charge in [-0.1, -0.05) is 6.42 Å². The van der Waals surface area contributed by atoms with Crippen molar-refractivity contribution in [3.05, 3.63) is 29.8 Å². The van der Waals surface area contributed by atoms with E-state index in [1.807, 2.05) is 6.92 Å². The van der Waals surface area contributed by atoms with Crippen LogP contribution in [0.1, 0.15) is 43.0 Å². The van der Waals surface area contributed by atoms with Gasteiger partial charge in [-0.3, -0.25) is 4.79 Å². The third kappa shape index (κ3) is 3.34. The van der Waals surface area contributed by atoms with Gasteiger partial charge in [0, 0.05) is 37.3 Å². The minimum atomic E-state index is -3.49. The van der Waals surface area contributed by atoms with Gasteiger partial charge >= 0.3 is 0 Å². The molecule has 1 amide bonds. The molecular formula is C17H25N3O3S. The minimum Gasteiger partial charge on any atom is -0.337 e. The van der Waals surface area contributed by atoms with E-state index in [9.17, 15) is 13.2 Å². The number of hydrogen-bond donors (Lipinski definition) is 1. The average molecular weight is 351 g/mol. The van der Waals surface area contributed by atoms with Gasteiger partial charge in [-0.15, -0.1) is 0 Å². The molecule has 2 N–H and O–H groups in total. The smallest absolute Gasteiger partial charge is 0.253 e. The third-order valence-corrected chi connectivity index (χ3v) is 6.99. The van der Waals surface area contributed by atoms with Crippen molar-refractivity contribution in [2.24, 2.45) is 5.73 Å². The molecule has 1 aromatic rings. The van der Waals surface area contributed by atoms with Crippen molar-refractivity contribution in [1.29, 1.82) is 0 Å². The van der Waals surface area contributed by atoms with E-state index in [0.717, 1.165) is 25.7 Å². The van der Waals surface area contributed by atoms with E-state index in [1.54, 1.807) is 33.5 Å². The molecule has 6 nitrogen and oxygen atoms in total. The molecule has 0 saturated carbocycles. The van der Waals surface area contributed by atoms with Gasteiger partial charge in [0.2, 0.25) is 10.0 Å². The first-order valence-corrected chi connectivity index (χ1v) is 10.0. The summed E-state index contributed by atoms with van der Waals surface area (Å²) in [5.74, 6) is -0.0850. The monoisotopic (exact) mass is 351 g/mol. The Morgan fingerprint density at radius 1 is 1.12 bits per heavy atom. The van der Waals surface area contributed by atoms with Crippen LogP contribution in [0.25, 0.3) is 0 Å². The Kier molecular flexibility index (Phi) is 4.94. The Labute approximate surface area is 143 Å². The molecule has 0 radical (unpaired) electrons. The van der Waals surface area contributed by atoms with Gasteiger partial charge in [-0.25, -0.2) is 8.42 Å². The summed E-state index contributed by atoms with van der Waals surface area (Å²) in [6.07, 6.45) is 3.67. The Morgan fingerprint density at radius 2 is 1.83 bits per heavy atom. The van der Waals surface area contributed by atoms with E-state index < -0.39 is 10.0 Å². The van der Waals surface area contributed by atoms with Gasteiger partial charge in [-0.05, 0) is 50.5 Å². The summed E-state index contributed by atoms with van der Waals surface area (Å²) < 4.78 is 27.2. The van der Waals surface area contributed by atoms with Gasteiger partial charge in [0.15, 0.2) is 0 Å². The number of carbonyl (C=O) groups excluding carboxylic acids is 1. The van der Waals surface area contributed by atoms with E-state index in [1.165, 1.54) is 0 Å². The fourth-order valence-electron chi connectivity index (χ4n) is 3.49. The van der Waals surface area contributed by atoms with E-state index in [0.29, 0.717) is 25.2 Å². The lowest BCUT2D eigenvalue weighted by Crippen LogP contribution is -2.41. The number of carbonyl (C=O) groups is 1. The highest BCUT2D eigenvalue weighted by Crippen LogP contribution is 2.25. The molecule has 132 valence electrons. The number of amides is 1. The SMILES string of the molecule is CC1CCCCN1S(=O)(=O)c1ccc(C(=O)N2CC[C@@H](N)C2)cc1. The topological polar surface area (TPSA) is 83.7 Å². The van der Waals surface area contributed by atoms with Crippen LogP contribution in [-0.4, -0.2) is 55.2 Å². The van der Waals surface area contributed by atoms with Crippen molar-refractivity contribution in [2.45, 2.75) is 49.6 Å². The third-order valence-electron chi connectivity index (χ3n) is 4.96. The van der Waals surface area contributed by atoms with E-state index in [-0.39, 0.29) is 22.9 Å². The van der Waals surface area contributed by atoms with Crippen LogP contribution in [0.2, 0.25) is 0 Å². The average Bonchev–Trinajstić information content (AvgIpc) is 3.01. The molecule has 2 fully saturated rings. The Morgan fingerprint density at radius 3 is 2.42 bits per heavy atom. The summed E-state index contributed by atoms with van der Waals surface area (Å²) in [6.45, 7) is 3.73. The second-order valence-corrected chi connectivity index (χ2v) is 8.68. The van der Waals surface area contributed by atoms with Gasteiger partial charge in [0.05, 0.1) is 4.90 Å². The zero-order valence-electron chi connectivity index (χ0n) is 14.0. The van der Waals surface area contributed by atoms with Crippen LogP contribution < -0.4 is 5.73 Å². The Balaban J connectivity index is 1.77. The first-order valence-electron chi connectivity index (χ1n) is 8.56. The molecule has 1 aromatic carbocycles. The lowest BCUT2D eigenvalue weighted by Gasteiger charge is -2.32. The first kappa shape index (κ1) is 17.4. The lowest BCUT2D eigenvalue weighted by molar-refractivity contribution is 0.0790. The van der Waals surface area contributed by atoms with Crippen LogP contribution in [0.15, 0.2) is 29.2 Å². The molecule has 2 heterocycles.